The molecule has 1 aromatic heterocycles. The lowest BCUT2D eigenvalue weighted by atomic mass is 10.1. The quantitative estimate of drug-likeness (QED) is 0.790. The van der Waals surface area contributed by atoms with Crippen LogP contribution in [0.25, 0.3) is 0 Å². The number of nitrogens with zero attached hydrogens (tertiary/aromatic N) is 1. The smallest absolute Gasteiger partial charge is 0.255 e. The van der Waals surface area contributed by atoms with Crippen molar-refractivity contribution in [2.24, 2.45) is 0 Å². The molecule has 4 heteroatoms. The summed E-state index contributed by atoms with van der Waals surface area (Å²) in [5, 5.41) is 2.99. The van der Waals surface area contributed by atoms with Gasteiger partial charge in [-0.05, 0) is 45.7 Å². The average molecular weight is 314 g/mol. The molecule has 2 rings (SSSR count). The highest BCUT2D eigenvalue weighted by atomic mass is 16.3. The third-order valence-corrected chi connectivity index (χ3v) is 4.19. The number of nitrogens with one attached hydrogen (secondary N) is 1. The van der Waals surface area contributed by atoms with Crippen molar-refractivity contribution in [3.8, 4) is 0 Å². The minimum absolute atomic E-state index is 0.0340. The molecule has 0 saturated carbocycles. The molecule has 1 N–H and O–H groups in total. The minimum Gasteiger partial charge on any atom is -0.466 e. The Balaban J connectivity index is 1.72. The lowest BCUT2D eigenvalue weighted by Gasteiger charge is -2.19. The van der Waals surface area contributed by atoms with Crippen LogP contribution in [0.1, 0.15) is 40.3 Å². The summed E-state index contributed by atoms with van der Waals surface area (Å²) in [7, 11) is 2.09. The molecule has 1 amide bonds. The van der Waals surface area contributed by atoms with Crippen molar-refractivity contribution in [3.63, 3.8) is 0 Å². The monoisotopic (exact) mass is 314 g/mol. The summed E-state index contributed by atoms with van der Waals surface area (Å²) < 4.78 is 5.51. The van der Waals surface area contributed by atoms with Crippen molar-refractivity contribution in [1.82, 2.24) is 5.32 Å². The van der Waals surface area contributed by atoms with Crippen molar-refractivity contribution < 1.29 is 9.21 Å². The van der Waals surface area contributed by atoms with Gasteiger partial charge in [-0.25, -0.2) is 0 Å². The fourth-order valence-corrected chi connectivity index (χ4v) is 2.70. The zero-order valence-electron chi connectivity index (χ0n) is 14.5. The maximum atomic E-state index is 12.2. The molecule has 0 unspecified atom stereocenters. The molecular weight excluding hydrogens is 288 g/mol. The molecule has 124 valence electrons. The Labute approximate surface area is 138 Å². The third kappa shape index (κ3) is 4.38. The van der Waals surface area contributed by atoms with Crippen LogP contribution in [0, 0.1) is 20.8 Å². The fourth-order valence-electron chi connectivity index (χ4n) is 2.70. The molecule has 1 heterocycles. The predicted molar refractivity (Wildman–Crippen MR) is 94.2 cm³/mol. The first kappa shape index (κ1) is 17.1. The molecule has 4 nitrogen and oxygen atoms in total. The molecule has 1 aromatic carbocycles. The van der Waals surface area contributed by atoms with E-state index < -0.39 is 0 Å². The number of benzene rings is 1. The molecule has 0 atom stereocenters. The summed E-state index contributed by atoms with van der Waals surface area (Å²) in [5.74, 6) is 1.48. The maximum Gasteiger partial charge on any atom is 0.255 e. The topological polar surface area (TPSA) is 45.5 Å². The normalized spacial score (nSPS) is 10.6. The number of amides is 1. The van der Waals surface area contributed by atoms with E-state index in [9.17, 15) is 4.79 Å². The molecule has 2 aromatic rings. The number of hydrogen-bond acceptors (Lipinski definition) is 3. The number of unbranched alkanes of at least 4 members (excludes halogenated alkanes) is 1. The van der Waals surface area contributed by atoms with E-state index in [2.05, 4.69) is 29.4 Å². The number of rotatable bonds is 7. The van der Waals surface area contributed by atoms with Crippen LogP contribution in [0.4, 0.5) is 5.69 Å². The van der Waals surface area contributed by atoms with Crippen molar-refractivity contribution in [2.45, 2.75) is 33.6 Å². The Hall–Kier alpha value is -2.23. The van der Waals surface area contributed by atoms with Crippen LogP contribution >= 0.6 is 0 Å². The van der Waals surface area contributed by atoms with Gasteiger partial charge in [-0.3, -0.25) is 4.79 Å². The predicted octanol–water partition coefficient (Wildman–Crippen LogP) is 3.85. The van der Waals surface area contributed by atoms with Gasteiger partial charge in [-0.15, -0.1) is 0 Å². The second-order valence-electron chi connectivity index (χ2n) is 5.93. The van der Waals surface area contributed by atoms with Crippen LogP contribution < -0.4 is 10.2 Å². The number of para-hydroxylation sites is 1. The van der Waals surface area contributed by atoms with Gasteiger partial charge in [-0.2, -0.15) is 0 Å². The van der Waals surface area contributed by atoms with E-state index in [1.165, 1.54) is 5.69 Å². The van der Waals surface area contributed by atoms with Crippen LogP contribution in [0.2, 0.25) is 0 Å². The molecule has 0 fully saturated rings. The van der Waals surface area contributed by atoms with E-state index in [0.717, 1.165) is 30.7 Å². The Morgan fingerprint density at radius 1 is 1.09 bits per heavy atom. The third-order valence-electron chi connectivity index (χ3n) is 4.19. The molecule has 0 saturated heterocycles. The van der Waals surface area contributed by atoms with Gasteiger partial charge >= 0.3 is 0 Å². The van der Waals surface area contributed by atoms with Crippen molar-refractivity contribution >= 4 is 11.6 Å². The Morgan fingerprint density at radius 3 is 2.39 bits per heavy atom. The van der Waals surface area contributed by atoms with Gasteiger partial charge in [0.25, 0.3) is 5.91 Å². The largest absolute Gasteiger partial charge is 0.466 e. The number of carbonyl (C=O) groups is 1. The van der Waals surface area contributed by atoms with Crippen molar-refractivity contribution in [3.05, 3.63) is 53.0 Å². The van der Waals surface area contributed by atoms with E-state index in [-0.39, 0.29) is 5.91 Å². The second kappa shape index (κ2) is 7.86. The van der Waals surface area contributed by atoms with Gasteiger partial charge < -0.3 is 14.6 Å². The standard InChI is InChI=1S/C19H26N2O2/c1-14-15(2)23-16(3)18(14)19(22)20-12-8-9-13-21(4)17-10-6-5-7-11-17/h5-7,10-11H,8-9,12-13H2,1-4H3,(H,20,22). The first-order chi connectivity index (χ1) is 11.0. The molecular formula is C19H26N2O2. The number of furan rings is 1. The lowest BCUT2D eigenvalue weighted by Crippen LogP contribution is -2.26. The minimum atomic E-state index is -0.0340. The fraction of sp³-hybridized carbons (Fsp3) is 0.421. The summed E-state index contributed by atoms with van der Waals surface area (Å²) >= 11 is 0. The summed E-state index contributed by atoms with van der Waals surface area (Å²) in [4.78, 5) is 14.5. The summed E-state index contributed by atoms with van der Waals surface area (Å²) in [5.41, 5.74) is 2.84. The van der Waals surface area contributed by atoms with Crippen LogP contribution in [0.15, 0.2) is 34.7 Å². The molecule has 0 aliphatic rings. The molecule has 0 radical (unpaired) electrons. The van der Waals surface area contributed by atoms with E-state index in [4.69, 9.17) is 4.42 Å². The average Bonchev–Trinajstić information content (AvgIpc) is 2.80. The highest BCUT2D eigenvalue weighted by Gasteiger charge is 2.17. The van der Waals surface area contributed by atoms with Crippen LogP contribution in [-0.2, 0) is 0 Å². The number of hydrogen-bond donors (Lipinski definition) is 1. The second-order valence-corrected chi connectivity index (χ2v) is 5.93. The van der Waals surface area contributed by atoms with E-state index in [0.29, 0.717) is 17.9 Å². The van der Waals surface area contributed by atoms with Crippen LogP contribution in [-0.4, -0.2) is 26.0 Å². The summed E-state index contributed by atoms with van der Waals surface area (Å²) in [6, 6.07) is 10.3. The highest BCUT2D eigenvalue weighted by Crippen LogP contribution is 2.20. The Morgan fingerprint density at radius 2 is 1.78 bits per heavy atom. The van der Waals surface area contributed by atoms with Gasteiger partial charge in [0, 0.05) is 31.4 Å². The first-order valence-electron chi connectivity index (χ1n) is 8.11. The number of anilines is 1. The van der Waals surface area contributed by atoms with E-state index >= 15 is 0 Å². The molecule has 23 heavy (non-hydrogen) atoms. The number of aryl methyl sites for hydroxylation is 2. The van der Waals surface area contributed by atoms with Gasteiger partial charge in [0.1, 0.15) is 11.5 Å². The van der Waals surface area contributed by atoms with Gasteiger partial charge in [-0.1, -0.05) is 18.2 Å². The summed E-state index contributed by atoms with van der Waals surface area (Å²) in [6.45, 7) is 7.31. The van der Waals surface area contributed by atoms with Crippen molar-refractivity contribution in [2.75, 3.05) is 25.0 Å². The zero-order valence-corrected chi connectivity index (χ0v) is 14.5. The molecule has 0 spiro atoms. The molecule has 0 aliphatic carbocycles. The maximum absolute atomic E-state index is 12.2. The van der Waals surface area contributed by atoms with E-state index in [1.54, 1.807) is 0 Å². The number of carbonyl (C=O) groups excluding carboxylic acids is 1. The lowest BCUT2D eigenvalue weighted by molar-refractivity contribution is 0.0951. The zero-order chi connectivity index (χ0) is 16.8. The molecule has 0 aliphatic heterocycles. The van der Waals surface area contributed by atoms with Crippen LogP contribution in [0.5, 0.6) is 0 Å². The van der Waals surface area contributed by atoms with E-state index in [1.807, 2.05) is 39.0 Å². The Kier molecular flexibility index (Phi) is 5.85. The van der Waals surface area contributed by atoms with Crippen molar-refractivity contribution in [1.29, 1.82) is 0 Å². The molecule has 0 bridgehead atoms. The van der Waals surface area contributed by atoms with Gasteiger partial charge in [0.05, 0.1) is 5.56 Å². The SMILES string of the molecule is Cc1oc(C)c(C(=O)NCCCCN(C)c2ccccc2)c1C. The van der Waals surface area contributed by atoms with Gasteiger partial charge in [0.15, 0.2) is 0 Å². The summed E-state index contributed by atoms with van der Waals surface area (Å²) in [6.07, 6.45) is 1.99. The first-order valence-corrected chi connectivity index (χ1v) is 8.11. The highest BCUT2D eigenvalue weighted by molar-refractivity contribution is 5.96. The van der Waals surface area contributed by atoms with Gasteiger partial charge in [0.2, 0.25) is 0 Å². The van der Waals surface area contributed by atoms with Crippen LogP contribution in [0.3, 0.4) is 0 Å². The Bertz CT molecular complexity index is 647.